The smallest absolute Gasteiger partial charge is 0.341 e. The fourth-order valence-corrected chi connectivity index (χ4v) is 6.42. The Kier molecular flexibility index (Phi) is 6.55. The normalized spacial score (nSPS) is 13.5. The van der Waals surface area contributed by atoms with Crippen LogP contribution in [0.1, 0.15) is 40.6 Å². The Morgan fingerprint density at radius 1 is 1.21 bits per heavy atom. The molecule has 7 nitrogen and oxygen atoms in total. The van der Waals surface area contributed by atoms with Crippen LogP contribution in [0.3, 0.4) is 0 Å². The molecule has 156 valence electrons. The van der Waals surface area contributed by atoms with Crippen molar-refractivity contribution >= 4 is 55.7 Å². The molecule has 2 N–H and O–H groups in total. The van der Waals surface area contributed by atoms with Gasteiger partial charge in [-0.3, -0.25) is 9.52 Å². The number of amides is 1. The number of rotatable bonds is 6. The first-order valence-electron chi connectivity index (χ1n) is 8.98. The number of hydrogen-bond donors (Lipinski definition) is 2. The van der Waals surface area contributed by atoms with Gasteiger partial charge in [0.2, 0.25) is 5.91 Å². The Balaban J connectivity index is 2.01. The number of sulfonamides is 1. The number of nitrogens with one attached hydrogen (secondary N) is 2. The summed E-state index contributed by atoms with van der Waals surface area (Å²) in [6.45, 7) is 1.36. The molecule has 0 atom stereocenters. The molecule has 1 aromatic carbocycles. The number of ether oxygens (including phenoxy) is 1. The summed E-state index contributed by atoms with van der Waals surface area (Å²) in [7, 11) is -2.68. The topological polar surface area (TPSA) is 102 Å². The van der Waals surface area contributed by atoms with Crippen molar-refractivity contribution < 1.29 is 22.7 Å². The van der Waals surface area contributed by atoms with Crippen molar-refractivity contribution in [2.75, 3.05) is 23.4 Å². The summed E-state index contributed by atoms with van der Waals surface area (Å²) in [6, 6.07) is 4.54. The lowest BCUT2D eigenvalue weighted by Gasteiger charge is -2.13. The quantitative estimate of drug-likeness (QED) is 0.507. The van der Waals surface area contributed by atoms with Gasteiger partial charge < -0.3 is 10.1 Å². The Morgan fingerprint density at radius 2 is 1.93 bits per heavy atom. The highest BCUT2D eigenvalue weighted by Crippen LogP contribution is 2.40. The molecular weight excluding hydrogens is 432 g/mol. The summed E-state index contributed by atoms with van der Waals surface area (Å²) < 4.78 is 33.5. The van der Waals surface area contributed by atoms with E-state index in [0.717, 1.165) is 41.0 Å². The number of benzene rings is 1. The average Bonchev–Trinajstić information content (AvgIpc) is 3.03. The number of fused-ring (bicyclic) bond motifs is 1. The fraction of sp³-hybridized carbons (Fsp3) is 0.368. The van der Waals surface area contributed by atoms with Crippen molar-refractivity contribution in [1.82, 2.24) is 0 Å². The Morgan fingerprint density at radius 3 is 2.59 bits per heavy atom. The SMILES string of the molecule is COC(=O)c1c(NS(=O)(=O)c2ccc(SC)c(NC(C)=O)c2)sc2c1CCCC2. The van der Waals surface area contributed by atoms with E-state index in [9.17, 15) is 18.0 Å². The van der Waals surface area contributed by atoms with E-state index in [2.05, 4.69) is 10.0 Å². The molecule has 0 unspecified atom stereocenters. The molecule has 2 aromatic rings. The molecule has 10 heteroatoms. The van der Waals surface area contributed by atoms with Gasteiger partial charge >= 0.3 is 5.97 Å². The fourth-order valence-electron chi connectivity index (χ4n) is 3.28. The summed E-state index contributed by atoms with van der Waals surface area (Å²) in [6.07, 6.45) is 5.35. The van der Waals surface area contributed by atoms with Crippen LogP contribution in [0, 0.1) is 0 Å². The van der Waals surface area contributed by atoms with Crippen LogP contribution in [-0.2, 0) is 32.4 Å². The first-order valence-corrected chi connectivity index (χ1v) is 12.5. The van der Waals surface area contributed by atoms with E-state index in [1.165, 1.54) is 49.3 Å². The number of esters is 1. The van der Waals surface area contributed by atoms with E-state index < -0.39 is 16.0 Å². The van der Waals surface area contributed by atoms with Gasteiger partial charge in [0.05, 0.1) is 23.3 Å². The van der Waals surface area contributed by atoms with Crippen molar-refractivity contribution in [3.05, 3.63) is 34.2 Å². The van der Waals surface area contributed by atoms with E-state index in [4.69, 9.17) is 4.74 Å². The zero-order chi connectivity index (χ0) is 21.2. The predicted octanol–water partition coefficient (Wildman–Crippen LogP) is 3.89. The van der Waals surface area contributed by atoms with Crippen LogP contribution in [0.5, 0.6) is 0 Å². The molecule has 0 fully saturated rings. The number of methoxy groups -OCH3 is 1. The maximum absolute atomic E-state index is 13.0. The van der Waals surface area contributed by atoms with Gasteiger partial charge in [-0.15, -0.1) is 23.1 Å². The van der Waals surface area contributed by atoms with E-state index in [1.807, 2.05) is 6.26 Å². The van der Waals surface area contributed by atoms with Crippen LogP contribution in [0.4, 0.5) is 10.7 Å². The van der Waals surface area contributed by atoms with Crippen LogP contribution in [0.2, 0.25) is 0 Å². The third kappa shape index (κ3) is 4.59. The highest BCUT2D eigenvalue weighted by molar-refractivity contribution is 7.98. The van der Waals surface area contributed by atoms with Gasteiger partial charge in [-0.2, -0.15) is 0 Å². The second-order valence-corrected chi connectivity index (χ2v) is 10.2. The summed E-state index contributed by atoms with van der Waals surface area (Å²) in [5.74, 6) is -0.833. The summed E-state index contributed by atoms with van der Waals surface area (Å²) in [5.41, 5.74) is 1.60. The Hall–Kier alpha value is -2.04. The molecule has 0 saturated heterocycles. The maximum atomic E-state index is 13.0. The van der Waals surface area contributed by atoms with Gasteiger partial charge in [0.1, 0.15) is 5.00 Å². The van der Waals surface area contributed by atoms with E-state index in [0.29, 0.717) is 11.3 Å². The average molecular weight is 455 g/mol. The van der Waals surface area contributed by atoms with Crippen LogP contribution >= 0.6 is 23.1 Å². The highest BCUT2D eigenvalue weighted by Gasteiger charge is 2.29. The Bertz CT molecular complexity index is 1060. The van der Waals surface area contributed by atoms with Crippen LogP contribution in [0.15, 0.2) is 28.0 Å². The predicted molar refractivity (Wildman–Crippen MR) is 116 cm³/mol. The minimum absolute atomic E-state index is 0.00115. The third-order valence-corrected chi connectivity index (χ3v) is 8.06. The zero-order valence-electron chi connectivity index (χ0n) is 16.3. The number of aryl methyl sites for hydroxylation is 1. The first-order chi connectivity index (χ1) is 13.8. The molecule has 0 bridgehead atoms. The molecule has 1 aliphatic rings. The lowest BCUT2D eigenvalue weighted by atomic mass is 9.95. The highest BCUT2D eigenvalue weighted by atomic mass is 32.2. The number of thiophene rings is 1. The molecule has 1 amide bonds. The molecule has 0 aliphatic heterocycles. The van der Waals surface area contributed by atoms with E-state index >= 15 is 0 Å². The van der Waals surface area contributed by atoms with E-state index in [-0.39, 0.29) is 15.8 Å². The second-order valence-electron chi connectivity index (χ2n) is 6.56. The minimum atomic E-state index is -3.97. The van der Waals surface area contributed by atoms with Gasteiger partial charge in [0, 0.05) is 16.7 Å². The Labute approximate surface area is 178 Å². The molecule has 1 aromatic heterocycles. The molecule has 29 heavy (non-hydrogen) atoms. The third-order valence-electron chi connectivity index (χ3n) is 4.58. The largest absolute Gasteiger partial charge is 0.465 e. The zero-order valence-corrected chi connectivity index (χ0v) is 18.8. The first kappa shape index (κ1) is 21.7. The summed E-state index contributed by atoms with van der Waals surface area (Å²) >= 11 is 2.68. The lowest BCUT2D eigenvalue weighted by molar-refractivity contribution is -0.114. The minimum Gasteiger partial charge on any atom is -0.465 e. The van der Waals surface area contributed by atoms with Crippen molar-refractivity contribution in [3.63, 3.8) is 0 Å². The van der Waals surface area contributed by atoms with Gasteiger partial charge in [-0.25, -0.2) is 13.2 Å². The van der Waals surface area contributed by atoms with Gasteiger partial charge in [-0.05, 0) is 55.7 Å². The van der Waals surface area contributed by atoms with Crippen LogP contribution < -0.4 is 10.0 Å². The van der Waals surface area contributed by atoms with Crippen molar-refractivity contribution in [2.45, 2.75) is 42.4 Å². The van der Waals surface area contributed by atoms with Gasteiger partial charge in [0.15, 0.2) is 0 Å². The summed E-state index contributed by atoms with van der Waals surface area (Å²) in [4.78, 5) is 25.6. The summed E-state index contributed by atoms with van der Waals surface area (Å²) in [5, 5.41) is 2.93. The standard InChI is InChI=1S/C19H22N2O5S3/c1-11(22)20-14-10-12(8-9-16(14)27-3)29(24,25)21-18-17(19(23)26-2)13-6-4-5-7-15(13)28-18/h8-10,21H,4-7H2,1-3H3,(H,20,22). The van der Waals surface area contributed by atoms with Crippen molar-refractivity contribution in [1.29, 1.82) is 0 Å². The number of carbonyl (C=O) groups is 2. The number of carbonyl (C=O) groups excluding carboxylic acids is 2. The van der Waals surface area contributed by atoms with Crippen molar-refractivity contribution in [3.8, 4) is 0 Å². The van der Waals surface area contributed by atoms with E-state index in [1.54, 1.807) is 6.07 Å². The molecule has 1 aliphatic carbocycles. The van der Waals surface area contributed by atoms with Crippen molar-refractivity contribution in [2.24, 2.45) is 0 Å². The monoisotopic (exact) mass is 454 g/mol. The number of anilines is 2. The molecule has 0 saturated carbocycles. The van der Waals surface area contributed by atoms with Gasteiger partial charge in [0.25, 0.3) is 10.0 Å². The van der Waals surface area contributed by atoms with Crippen LogP contribution in [0.25, 0.3) is 0 Å². The number of thioether (sulfide) groups is 1. The van der Waals surface area contributed by atoms with Gasteiger partial charge in [-0.1, -0.05) is 0 Å². The molecule has 1 heterocycles. The number of hydrogen-bond acceptors (Lipinski definition) is 7. The molecule has 0 radical (unpaired) electrons. The maximum Gasteiger partial charge on any atom is 0.341 e. The molecule has 0 spiro atoms. The molecule has 3 rings (SSSR count). The van der Waals surface area contributed by atoms with Crippen LogP contribution in [-0.4, -0.2) is 33.7 Å². The molecular formula is C19H22N2O5S3. The lowest BCUT2D eigenvalue weighted by Crippen LogP contribution is -2.16. The second kappa shape index (κ2) is 8.76.